The maximum atomic E-state index is 12.2. The molecule has 0 aromatic carbocycles. The van der Waals surface area contributed by atoms with E-state index in [4.69, 9.17) is 9.39 Å². The third-order valence-electron chi connectivity index (χ3n) is 3.32. The van der Waals surface area contributed by atoms with Crippen molar-refractivity contribution < 1.29 is 18.4 Å². The molecule has 2 aromatic rings. The Hall–Kier alpha value is -1.61. The Morgan fingerprint density at radius 3 is 2.88 bits per heavy atom. The Morgan fingerprint density at radius 2 is 2.21 bits per heavy atom. The second-order valence-electron chi connectivity index (χ2n) is 5.16. The second-order valence-corrected chi connectivity index (χ2v) is 7.57. The van der Waals surface area contributed by atoms with Crippen LogP contribution in [0.15, 0.2) is 40.7 Å². The van der Waals surface area contributed by atoms with Crippen molar-refractivity contribution in [2.24, 2.45) is 0 Å². The Kier molecular flexibility index (Phi) is 7.51. The molecule has 2 heterocycles. The lowest BCUT2D eigenvalue weighted by Crippen LogP contribution is -2.37. The van der Waals surface area contributed by atoms with Crippen LogP contribution in [0.5, 0.6) is 0 Å². The number of thiophene rings is 1. The average Bonchev–Trinajstić information content (AvgIpc) is 3.08. The van der Waals surface area contributed by atoms with Gasteiger partial charge in [0.2, 0.25) is 11.1 Å². The first kappa shape index (κ1) is 18.7. The summed E-state index contributed by atoms with van der Waals surface area (Å²) < 4.78 is 17.7. The van der Waals surface area contributed by atoms with Gasteiger partial charge in [-0.2, -0.15) is 9.76 Å². The molecule has 130 valence electrons. The first-order valence-corrected chi connectivity index (χ1v) is 9.59. The number of hydroxylamine groups is 1. The summed E-state index contributed by atoms with van der Waals surface area (Å²) in [6.07, 6.45) is 4.86. The highest BCUT2D eigenvalue weighted by atomic mass is 32.2. The summed E-state index contributed by atoms with van der Waals surface area (Å²) in [6.45, 7) is 2.05. The molecule has 0 fully saturated rings. The zero-order chi connectivity index (χ0) is 17.4. The summed E-state index contributed by atoms with van der Waals surface area (Å²) in [6, 6.07) is 8.22. The third-order valence-corrected chi connectivity index (χ3v) is 5.60. The van der Waals surface area contributed by atoms with Gasteiger partial charge in [-0.05, 0) is 30.7 Å². The number of hydrogen-bond donors (Lipinski definition) is 2. The smallest absolute Gasteiger partial charge is 0.323 e. The van der Waals surface area contributed by atoms with Crippen LogP contribution >= 0.6 is 11.3 Å². The fourth-order valence-corrected chi connectivity index (χ4v) is 3.85. The van der Waals surface area contributed by atoms with Crippen molar-refractivity contribution in [3.8, 4) is 10.6 Å². The van der Waals surface area contributed by atoms with Gasteiger partial charge >= 0.3 is 5.97 Å². The summed E-state index contributed by atoms with van der Waals surface area (Å²) in [5.74, 6) is -1.01. The summed E-state index contributed by atoms with van der Waals surface area (Å²) in [5, 5.41) is 9.16. The van der Waals surface area contributed by atoms with Gasteiger partial charge in [-0.25, -0.2) is 4.21 Å². The van der Waals surface area contributed by atoms with E-state index in [1.54, 1.807) is 12.3 Å². The number of aromatic nitrogens is 1. The first-order chi connectivity index (χ1) is 11.6. The number of carbonyl (C=O) groups is 1. The lowest BCUT2D eigenvalue weighted by atomic mass is 10.1. The topological polar surface area (TPSA) is 88.5 Å². The van der Waals surface area contributed by atoms with Crippen LogP contribution in [0, 0.1) is 0 Å². The highest BCUT2D eigenvalue weighted by Gasteiger charge is 2.19. The predicted molar refractivity (Wildman–Crippen MR) is 93.7 cm³/mol. The molecule has 2 atom stereocenters. The molecule has 0 amide bonds. The molecule has 0 saturated heterocycles. The van der Waals surface area contributed by atoms with Crippen molar-refractivity contribution in [3.63, 3.8) is 0 Å². The number of pyridine rings is 1. The van der Waals surface area contributed by atoms with Crippen LogP contribution in [0.1, 0.15) is 32.6 Å². The third kappa shape index (κ3) is 5.48. The Bertz CT molecular complexity index is 676. The molecule has 1 unspecified atom stereocenters. The minimum absolute atomic E-state index is 0.435. The van der Waals surface area contributed by atoms with Crippen LogP contribution < -0.4 is 5.48 Å². The Labute approximate surface area is 147 Å². The number of hydrogen-bond acceptors (Lipinski definition) is 6. The zero-order valence-corrected chi connectivity index (χ0v) is 14.9. The standard InChI is InChI=1S/C16H20N2O4S2/c1-2-3-4-8-13(16(19)20)18-22-24(21)15-10-9-14(23-15)12-7-5-6-11-17-12/h5-7,9-11,13,18H,2-4,8H2,1H3,(H,19,20)/t13-,24?/m1/s1. The molecule has 0 bridgehead atoms. The molecule has 2 aromatic heterocycles. The van der Waals surface area contributed by atoms with Crippen molar-refractivity contribution >= 4 is 28.4 Å². The van der Waals surface area contributed by atoms with E-state index in [2.05, 4.69) is 10.5 Å². The van der Waals surface area contributed by atoms with Gasteiger partial charge in [0.15, 0.2) is 0 Å². The fraction of sp³-hybridized carbons (Fsp3) is 0.375. The van der Waals surface area contributed by atoms with Gasteiger partial charge in [-0.3, -0.25) is 9.78 Å². The van der Waals surface area contributed by atoms with E-state index in [0.717, 1.165) is 29.8 Å². The second kappa shape index (κ2) is 9.63. The van der Waals surface area contributed by atoms with Gasteiger partial charge < -0.3 is 5.11 Å². The molecule has 2 rings (SSSR count). The minimum atomic E-state index is -1.76. The molecule has 0 aliphatic rings. The number of rotatable bonds is 10. The van der Waals surface area contributed by atoms with E-state index in [0.29, 0.717) is 10.6 Å². The molecular weight excluding hydrogens is 348 g/mol. The predicted octanol–water partition coefficient (Wildman–Crippen LogP) is 3.39. The summed E-state index contributed by atoms with van der Waals surface area (Å²) in [4.78, 5) is 16.3. The molecule has 2 N–H and O–H groups in total. The van der Waals surface area contributed by atoms with Crippen molar-refractivity contribution in [2.45, 2.75) is 42.9 Å². The van der Waals surface area contributed by atoms with Crippen LogP contribution in [-0.2, 0) is 20.2 Å². The number of aliphatic carboxylic acids is 1. The molecule has 0 aliphatic carbocycles. The average molecular weight is 368 g/mol. The van der Waals surface area contributed by atoms with Crippen molar-refractivity contribution in [1.82, 2.24) is 10.5 Å². The lowest BCUT2D eigenvalue weighted by molar-refractivity contribution is -0.141. The highest BCUT2D eigenvalue weighted by Crippen LogP contribution is 2.28. The lowest BCUT2D eigenvalue weighted by Gasteiger charge is -2.12. The monoisotopic (exact) mass is 368 g/mol. The Balaban J connectivity index is 1.92. The molecule has 0 aliphatic heterocycles. The highest BCUT2D eigenvalue weighted by molar-refractivity contribution is 7.82. The number of nitrogens with zero attached hydrogens (tertiary/aromatic N) is 1. The SMILES string of the molecule is CCCCC[C@@H](NOS(=O)c1ccc(-c2ccccn2)s1)C(=O)O. The number of carboxylic acids is 1. The van der Waals surface area contributed by atoms with Gasteiger partial charge in [0.05, 0.1) is 10.6 Å². The van der Waals surface area contributed by atoms with E-state index in [-0.39, 0.29) is 0 Å². The van der Waals surface area contributed by atoms with Crippen LogP contribution in [0.3, 0.4) is 0 Å². The Morgan fingerprint density at radius 1 is 1.38 bits per heavy atom. The van der Waals surface area contributed by atoms with E-state index in [1.807, 2.05) is 31.2 Å². The van der Waals surface area contributed by atoms with E-state index < -0.39 is 23.1 Å². The van der Waals surface area contributed by atoms with Gasteiger partial charge in [0.25, 0.3) is 0 Å². The minimum Gasteiger partial charge on any atom is -0.480 e. The van der Waals surface area contributed by atoms with E-state index >= 15 is 0 Å². The molecule has 0 spiro atoms. The van der Waals surface area contributed by atoms with Gasteiger partial charge in [-0.1, -0.05) is 32.3 Å². The van der Waals surface area contributed by atoms with Crippen LogP contribution in [0.25, 0.3) is 10.6 Å². The largest absolute Gasteiger partial charge is 0.480 e. The van der Waals surface area contributed by atoms with E-state index in [1.165, 1.54) is 11.3 Å². The van der Waals surface area contributed by atoms with E-state index in [9.17, 15) is 9.00 Å². The van der Waals surface area contributed by atoms with Gasteiger partial charge in [0, 0.05) is 6.20 Å². The summed E-state index contributed by atoms with van der Waals surface area (Å²) in [7, 11) is 0. The van der Waals surface area contributed by atoms with Gasteiger partial charge in [0.1, 0.15) is 10.3 Å². The maximum absolute atomic E-state index is 12.2. The molecule has 0 radical (unpaired) electrons. The van der Waals surface area contributed by atoms with Crippen LogP contribution in [-0.4, -0.2) is 26.3 Å². The number of carboxylic acid groups (broad SMARTS) is 1. The normalized spacial score (nSPS) is 13.5. The molecule has 0 saturated carbocycles. The van der Waals surface area contributed by atoms with Crippen molar-refractivity contribution in [1.29, 1.82) is 0 Å². The molecule has 24 heavy (non-hydrogen) atoms. The molecular formula is C16H20N2O4S2. The number of unbranched alkanes of at least 4 members (excludes halogenated alkanes) is 2. The van der Waals surface area contributed by atoms with Crippen molar-refractivity contribution in [3.05, 3.63) is 36.5 Å². The summed E-state index contributed by atoms with van der Waals surface area (Å²) in [5.41, 5.74) is 3.21. The maximum Gasteiger partial charge on any atom is 0.323 e. The quantitative estimate of drug-likeness (QED) is 0.494. The summed E-state index contributed by atoms with van der Waals surface area (Å²) >= 11 is -0.464. The first-order valence-electron chi connectivity index (χ1n) is 7.70. The molecule has 8 heteroatoms. The van der Waals surface area contributed by atoms with Gasteiger partial charge in [-0.15, -0.1) is 11.3 Å². The fourth-order valence-electron chi connectivity index (χ4n) is 2.03. The zero-order valence-electron chi connectivity index (χ0n) is 13.3. The van der Waals surface area contributed by atoms with Crippen molar-refractivity contribution in [2.75, 3.05) is 0 Å². The van der Waals surface area contributed by atoms with Crippen LogP contribution in [0.4, 0.5) is 0 Å². The molecule has 6 nitrogen and oxygen atoms in total. The van der Waals surface area contributed by atoms with Crippen LogP contribution in [0.2, 0.25) is 0 Å². The number of nitrogens with one attached hydrogen (secondary N) is 1.